The van der Waals surface area contributed by atoms with Crippen LogP contribution < -0.4 is 15.4 Å². The first-order valence-corrected chi connectivity index (χ1v) is 10.7. The van der Waals surface area contributed by atoms with Crippen molar-refractivity contribution in [3.63, 3.8) is 0 Å². The third-order valence-corrected chi connectivity index (χ3v) is 5.73. The van der Waals surface area contributed by atoms with Crippen molar-refractivity contribution in [3.8, 4) is 5.75 Å². The zero-order valence-electron chi connectivity index (χ0n) is 18.4. The molecule has 166 valence electrons. The van der Waals surface area contributed by atoms with Gasteiger partial charge in [0.2, 0.25) is 0 Å². The molecule has 0 bridgehead atoms. The molecule has 0 aliphatic carbocycles. The Bertz CT molecular complexity index is 617. The summed E-state index contributed by atoms with van der Waals surface area (Å²) in [6, 6.07) is 8.49. The maximum Gasteiger partial charge on any atom is 0.191 e. The lowest BCUT2D eigenvalue weighted by molar-refractivity contribution is 0.0418. The molecule has 2 rings (SSSR count). The van der Waals surface area contributed by atoms with Gasteiger partial charge in [-0.05, 0) is 51.8 Å². The second-order valence-corrected chi connectivity index (χ2v) is 7.51. The summed E-state index contributed by atoms with van der Waals surface area (Å²) < 4.78 is 5.63. The summed E-state index contributed by atoms with van der Waals surface area (Å²) in [5.74, 6) is 1.68. The van der Waals surface area contributed by atoms with Gasteiger partial charge in [-0.1, -0.05) is 32.0 Å². The first-order chi connectivity index (χ1) is 13.6. The molecular formula is C22H39IN4O2. The number of methoxy groups -OCH3 is 1. The van der Waals surface area contributed by atoms with Crippen molar-refractivity contribution in [1.82, 2.24) is 15.5 Å². The fraction of sp³-hybridized carbons (Fsp3) is 0.682. The summed E-state index contributed by atoms with van der Waals surface area (Å²) in [4.78, 5) is 7.17. The lowest BCUT2D eigenvalue weighted by atomic mass is 9.98. The highest BCUT2D eigenvalue weighted by Gasteiger charge is 2.26. The van der Waals surface area contributed by atoms with E-state index in [4.69, 9.17) is 4.74 Å². The SMILES string of the molecule is CCNC(=NCC(O)(CC)CC)NCC(c1ccccc1OC)N1CCCC1.I. The highest BCUT2D eigenvalue weighted by atomic mass is 127. The van der Waals surface area contributed by atoms with Crippen molar-refractivity contribution in [3.05, 3.63) is 29.8 Å². The topological polar surface area (TPSA) is 69.1 Å². The maximum atomic E-state index is 10.6. The molecule has 7 heteroatoms. The van der Waals surface area contributed by atoms with E-state index in [1.165, 1.54) is 18.4 Å². The smallest absolute Gasteiger partial charge is 0.191 e. The Hall–Kier alpha value is -1.06. The number of halogens is 1. The summed E-state index contributed by atoms with van der Waals surface area (Å²) >= 11 is 0. The summed E-state index contributed by atoms with van der Waals surface area (Å²) in [6.45, 7) is 10.2. The number of aliphatic hydroxyl groups is 1. The van der Waals surface area contributed by atoms with Crippen molar-refractivity contribution in [2.24, 2.45) is 4.99 Å². The Morgan fingerprint density at radius 3 is 2.41 bits per heavy atom. The number of ether oxygens (including phenoxy) is 1. The number of nitrogens with zero attached hydrogens (tertiary/aromatic N) is 2. The quantitative estimate of drug-likeness (QED) is 0.251. The van der Waals surface area contributed by atoms with Gasteiger partial charge in [-0.25, -0.2) is 0 Å². The number of likely N-dealkylation sites (tertiary alicyclic amines) is 1. The van der Waals surface area contributed by atoms with Gasteiger partial charge in [0.15, 0.2) is 5.96 Å². The van der Waals surface area contributed by atoms with Gasteiger partial charge in [0.05, 0.1) is 25.3 Å². The molecule has 0 saturated carbocycles. The van der Waals surface area contributed by atoms with Crippen molar-refractivity contribution in [1.29, 1.82) is 0 Å². The molecule has 1 aromatic rings. The Morgan fingerprint density at radius 1 is 1.17 bits per heavy atom. The van der Waals surface area contributed by atoms with Crippen LogP contribution in [0.5, 0.6) is 5.75 Å². The molecule has 0 spiro atoms. The number of nitrogens with one attached hydrogen (secondary N) is 2. The van der Waals surface area contributed by atoms with Crippen LogP contribution in [0.25, 0.3) is 0 Å². The van der Waals surface area contributed by atoms with E-state index in [1.54, 1.807) is 7.11 Å². The molecule has 0 aromatic heterocycles. The Balaban J connectivity index is 0.00000420. The van der Waals surface area contributed by atoms with Crippen LogP contribution in [0.3, 0.4) is 0 Å². The first kappa shape index (κ1) is 26.0. The summed E-state index contributed by atoms with van der Waals surface area (Å²) in [7, 11) is 1.73. The number of para-hydroxylation sites is 1. The van der Waals surface area contributed by atoms with Gasteiger partial charge >= 0.3 is 0 Å². The molecular weight excluding hydrogens is 479 g/mol. The molecule has 0 radical (unpaired) electrons. The zero-order valence-corrected chi connectivity index (χ0v) is 20.7. The molecule has 6 nitrogen and oxygen atoms in total. The van der Waals surface area contributed by atoms with Crippen molar-refractivity contribution in [2.75, 3.05) is 39.8 Å². The van der Waals surface area contributed by atoms with Crippen LogP contribution in [-0.4, -0.2) is 61.4 Å². The number of hydrogen-bond donors (Lipinski definition) is 3. The molecule has 0 amide bonds. The molecule has 29 heavy (non-hydrogen) atoms. The number of rotatable bonds is 10. The van der Waals surface area contributed by atoms with Crippen LogP contribution in [0.2, 0.25) is 0 Å². The van der Waals surface area contributed by atoms with Crippen molar-refractivity contribution < 1.29 is 9.84 Å². The van der Waals surface area contributed by atoms with Gasteiger partial charge in [-0.3, -0.25) is 9.89 Å². The Labute approximate surface area is 193 Å². The van der Waals surface area contributed by atoms with Gasteiger partial charge in [0, 0.05) is 18.7 Å². The van der Waals surface area contributed by atoms with Crippen LogP contribution in [0.15, 0.2) is 29.3 Å². The zero-order chi connectivity index (χ0) is 20.4. The monoisotopic (exact) mass is 518 g/mol. The standard InChI is InChI=1S/C22H38N4O2.HI/c1-5-22(27,6-2)17-25-21(23-7-3)24-16-19(26-14-10-11-15-26)18-12-8-9-13-20(18)28-4;/h8-9,12-13,19,27H,5-7,10-11,14-17H2,1-4H3,(H2,23,24,25);1H. The van der Waals surface area contributed by atoms with E-state index in [-0.39, 0.29) is 30.0 Å². The number of guanidine groups is 1. The minimum atomic E-state index is -0.737. The van der Waals surface area contributed by atoms with Gasteiger partial charge in [0.25, 0.3) is 0 Å². The summed E-state index contributed by atoms with van der Waals surface area (Å²) in [5, 5.41) is 17.4. The van der Waals surface area contributed by atoms with Crippen LogP contribution >= 0.6 is 24.0 Å². The maximum absolute atomic E-state index is 10.6. The van der Waals surface area contributed by atoms with Gasteiger partial charge < -0.3 is 20.5 Å². The van der Waals surface area contributed by atoms with Gasteiger partial charge in [0.1, 0.15) is 5.75 Å². The molecule has 1 saturated heterocycles. The molecule has 1 aliphatic rings. The Morgan fingerprint density at radius 2 is 1.83 bits per heavy atom. The average Bonchev–Trinajstić information content (AvgIpc) is 3.26. The predicted molar refractivity (Wildman–Crippen MR) is 131 cm³/mol. The highest BCUT2D eigenvalue weighted by Crippen LogP contribution is 2.31. The van der Waals surface area contributed by atoms with Crippen molar-refractivity contribution in [2.45, 2.75) is 58.1 Å². The number of benzene rings is 1. The van der Waals surface area contributed by atoms with E-state index >= 15 is 0 Å². The molecule has 1 fully saturated rings. The van der Waals surface area contributed by atoms with E-state index in [0.29, 0.717) is 19.4 Å². The molecule has 1 heterocycles. The summed E-state index contributed by atoms with van der Waals surface area (Å²) in [5.41, 5.74) is 0.466. The Kier molecular flexibility index (Phi) is 11.9. The minimum Gasteiger partial charge on any atom is -0.496 e. The van der Waals surface area contributed by atoms with Gasteiger partial charge in [-0.2, -0.15) is 0 Å². The van der Waals surface area contributed by atoms with E-state index in [1.807, 2.05) is 26.0 Å². The van der Waals surface area contributed by atoms with Crippen LogP contribution in [0, 0.1) is 0 Å². The lowest BCUT2D eigenvalue weighted by Gasteiger charge is -2.30. The lowest BCUT2D eigenvalue weighted by Crippen LogP contribution is -2.44. The largest absolute Gasteiger partial charge is 0.496 e. The van der Waals surface area contributed by atoms with E-state index in [9.17, 15) is 5.11 Å². The molecule has 1 aromatic carbocycles. The fourth-order valence-corrected chi connectivity index (χ4v) is 3.67. The van der Waals surface area contributed by atoms with E-state index in [2.05, 4.69) is 39.6 Å². The third kappa shape index (κ3) is 7.61. The van der Waals surface area contributed by atoms with Crippen molar-refractivity contribution >= 4 is 29.9 Å². The predicted octanol–water partition coefficient (Wildman–Crippen LogP) is 3.56. The molecule has 1 atom stereocenters. The number of aliphatic imine (C=N–C) groups is 1. The second-order valence-electron chi connectivity index (χ2n) is 7.51. The normalized spacial score (nSPS) is 16.2. The number of hydrogen-bond acceptors (Lipinski definition) is 4. The average molecular weight is 518 g/mol. The minimum absolute atomic E-state index is 0. The van der Waals surface area contributed by atoms with Gasteiger partial charge in [-0.15, -0.1) is 24.0 Å². The highest BCUT2D eigenvalue weighted by molar-refractivity contribution is 14.0. The fourth-order valence-electron chi connectivity index (χ4n) is 3.67. The summed E-state index contributed by atoms with van der Waals surface area (Å²) in [6.07, 6.45) is 3.87. The van der Waals surface area contributed by atoms with E-state index in [0.717, 1.165) is 37.9 Å². The second kappa shape index (κ2) is 13.3. The first-order valence-electron chi connectivity index (χ1n) is 10.7. The molecule has 1 aliphatic heterocycles. The third-order valence-electron chi connectivity index (χ3n) is 5.73. The van der Waals surface area contributed by atoms with Crippen LogP contribution in [0.4, 0.5) is 0 Å². The van der Waals surface area contributed by atoms with E-state index < -0.39 is 5.60 Å². The van der Waals surface area contributed by atoms with Crippen LogP contribution in [0.1, 0.15) is 58.1 Å². The van der Waals surface area contributed by atoms with Crippen LogP contribution in [-0.2, 0) is 0 Å². The molecule has 1 unspecified atom stereocenters. The molecule has 3 N–H and O–H groups in total.